The molecule has 152 valence electrons. The Balaban J connectivity index is 1.43. The monoisotopic (exact) mass is 392 g/mol. The zero-order valence-corrected chi connectivity index (χ0v) is 17.0. The van der Waals surface area contributed by atoms with Gasteiger partial charge in [0.25, 0.3) is 0 Å². The molecule has 29 heavy (non-hydrogen) atoms. The molecule has 2 aromatic carbocycles. The van der Waals surface area contributed by atoms with E-state index in [4.69, 9.17) is 0 Å². The summed E-state index contributed by atoms with van der Waals surface area (Å²) < 4.78 is 0. The second-order valence-electron chi connectivity index (χ2n) is 8.06. The van der Waals surface area contributed by atoms with Crippen molar-refractivity contribution in [2.24, 2.45) is 0 Å². The van der Waals surface area contributed by atoms with Crippen LogP contribution in [0.3, 0.4) is 0 Å². The third kappa shape index (κ3) is 4.21. The van der Waals surface area contributed by atoms with Gasteiger partial charge in [-0.2, -0.15) is 0 Å². The molecular weight excluding hydrogens is 364 g/mol. The van der Waals surface area contributed by atoms with Crippen LogP contribution in [0, 0.1) is 6.92 Å². The number of anilines is 2. The molecule has 0 aromatic heterocycles. The number of hydrogen-bond acceptors (Lipinski definition) is 2. The van der Waals surface area contributed by atoms with Gasteiger partial charge in [0.05, 0.1) is 0 Å². The minimum absolute atomic E-state index is 0.0890. The van der Waals surface area contributed by atoms with Crippen LogP contribution >= 0.6 is 0 Å². The molecule has 2 N–H and O–H groups in total. The van der Waals surface area contributed by atoms with E-state index in [-0.39, 0.29) is 18.1 Å². The van der Waals surface area contributed by atoms with E-state index in [1.165, 1.54) is 11.1 Å². The van der Waals surface area contributed by atoms with Crippen LogP contribution in [0.2, 0.25) is 0 Å². The molecule has 0 radical (unpaired) electrons. The summed E-state index contributed by atoms with van der Waals surface area (Å²) in [5, 5.41) is 5.87. The Morgan fingerprint density at radius 3 is 2.72 bits per heavy atom. The van der Waals surface area contributed by atoms with Gasteiger partial charge < -0.3 is 15.5 Å². The van der Waals surface area contributed by atoms with Crippen LogP contribution in [0.1, 0.15) is 36.8 Å². The maximum atomic E-state index is 12.9. The van der Waals surface area contributed by atoms with Gasteiger partial charge in [-0.05, 0) is 50.5 Å². The summed E-state index contributed by atoms with van der Waals surface area (Å²) in [5.41, 5.74) is 4.04. The SMILES string of the molecule is Cc1ccc(C2CC(C)N(C(=O)Nc3cccc(N4CCCNC4=O)c3)C2)cc1. The van der Waals surface area contributed by atoms with Gasteiger partial charge >= 0.3 is 12.1 Å². The van der Waals surface area contributed by atoms with Gasteiger partial charge in [0, 0.05) is 43.0 Å². The summed E-state index contributed by atoms with van der Waals surface area (Å²) in [7, 11) is 0. The topological polar surface area (TPSA) is 64.7 Å². The molecule has 2 atom stereocenters. The highest BCUT2D eigenvalue weighted by Crippen LogP contribution is 2.32. The van der Waals surface area contributed by atoms with Crippen molar-refractivity contribution in [1.29, 1.82) is 0 Å². The highest BCUT2D eigenvalue weighted by Gasteiger charge is 2.33. The van der Waals surface area contributed by atoms with E-state index in [2.05, 4.69) is 48.7 Å². The smallest absolute Gasteiger partial charge is 0.322 e. The molecule has 0 bridgehead atoms. The molecule has 4 rings (SSSR count). The lowest BCUT2D eigenvalue weighted by atomic mass is 9.96. The van der Waals surface area contributed by atoms with E-state index < -0.39 is 0 Å². The van der Waals surface area contributed by atoms with E-state index in [0.29, 0.717) is 31.2 Å². The molecule has 0 spiro atoms. The van der Waals surface area contributed by atoms with Gasteiger partial charge in [-0.1, -0.05) is 35.9 Å². The first-order valence-corrected chi connectivity index (χ1v) is 10.3. The summed E-state index contributed by atoms with van der Waals surface area (Å²) in [6.07, 6.45) is 1.87. The van der Waals surface area contributed by atoms with Crippen molar-refractivity contribution in [2.75, 3.05) is 29.9 Å². The minimum atomic E-state index is -0.0904. The fourth-order valence-corrected chi connectivity index (χ4v) is 4.22. The standard InChI is InChI=1S/C23H28N4O2/c1-16-7-9-18(10-8-16)19-13-17(2)27(15-19)23(29)25-20-5-3-6-21(14-20)26-12-4-11-24-22(26)28/h3,5-10,14,17,19H,4,11-13,15H2,1-2H3,(H,24,28)(H,25,29). The van der Waals surface area contributed by atoms with Crippen molar-refractivity contribution < 1.29 is 9.59 Å². The molecule has 2 unspecified atom stereocenters. The summed E-state index contributed by atoms with van der Waals surface area (Å²) in [5.74, 6) is 0.361. The van der Waals surface area contributed by atoms with Crippen molar-refractivity contribution in [1.82, 2.24) is 10.2 Å². The Labute approximate surface area is 171 Å². The Morgan fingerprint density at radius 2 is 1.97 bits per heavy atom. The Morgan fingerprint density at radius 1 is 1.17 bits per heavy atom. The van der Waals surface area contributed by atoms with Crippen LogP contribution in [0.25, 0.3) is 0 Å². The number of urea groups is 2. The maximum Gasteiger partial charge on any atom is 0.322 e. The molecule has 6 nitrogen and oxygen atoms in total. The van der Waals surface area contributed by atoms with E-state index in [1.807, 2.05) is 29.2 Å². The third-order valence-corrected chi connectivity index (χ3v) is 5.87. The summed E-state index contributed by atoms with van der Waals surface area (Å²) in [4.78, 5) is 28.6. The van der Waals surface area contributed by atoms with Gasteiger partial charge in [0.2, 0.25) is 0 Å². The van der Waals surface area contributed by atoms with Crippen LogP contribution < -0.4 is 15.5 Å². The van der Waals surface area contributed by atoms with E-state index >= 15 is 0 Å². The molecule has 2 saturated heterocycles. The highest BCUT2D eigenvalue weighted by atomic mass is 16.2. The average Bonchev–Trinajstić information content (AvgIpc) is 3.11. The third-order valence-electron chi connectivity index (χ3n) is 5.87. The molecule has 2 heterocycles. The molecule has 2 fully saturated rings. The number of benzene rings is 2. The number of amides is 4. The largest absolute Gasteiger partial charge is 0.338 e. The second kappa shape index (κ2) is 8.15. The number of rotatable bonds is 3. The Bertz CT molecular complexity index is 896. The van der Waals surface area contributed by atoms with Crippen molar-refractivity contribution in [2.45, 2.75) is 38.6 Å². The molecule has 0 saturated carbocycles. The molecule has 0 aliphatic carbocycles. The van der Waals surface area contributed by atoms with Crippen molar-refractivity contribution in [3.05, 3.63) is 59.7 Å². The van der Waals surface area contributed by atoms with Crippen LogP contribution in [0.15, 0.2) is 48.5 Å². The van der Waals surface area contributed by atoms with Gasteiger partial charge in [0.1, 0.15) is 0 Å². The zero-order chi connectivity index (χ0) is 20.4. The Kier molecular flexibility index (Phi) is 5.43. The molecule has 2 aliphatic rings. The number of carbonyl (C=O) groups is 2. The fourth-order valence-electron chi connectivity index (χ4n) is 4.22. The number of nitrogens with zero attached hydrogens (tertiary/aromatic N) is 2. The lowest BCUT2D eigenvalue weighted by Gasteiger charge is -2.28. The highest BCUT2D eigenvalue weighted by molar-refractivity contribution is 5.95. The fraction of sp³-hybridized carbons (Fsp3) is 0.391. The van der Waals surface area contributed by atoms with Gasteiger partial charge in [-0.15, -0.1) is 0 Å². The molecule has 2 aromatic rings. The van der Waals surface area contributed by atoms with E-state index in [9.17, 15) is 9.59 Å². The quantitative estimate of drug-likeness (QED) is 0.817. The maximum absolute atomic E-state index is 12.9. The second-order valence-corrected chi connectivity index (χ2v) is 8.06. The zero-order valence-electron chi connectivity index (χ0n) is 17.0. The summed E-state index contributed by atoms with van der Waals surface area (Å²) in [6.45, 7) is 6.29. The predicted molar refractivity (Wildman–Crippen MR) is 116 cm³/mol. The molecule has 2 aliphatic heterocycles. The van der Waals surface area contributed by atoms with E-state index in [0.717, 1.165) is 18.5 Å². The lowest BCUT2D eigenvalue weighted by Crippen LogP contribution is -2.46. The number of likely N-dealkylation sites (tertiary alicyclic amines) is 1. The van der Waals surface area contributed by atoms with E-state index in [1.54, 1.807) is 4.90 Å². The van der Waals surface area contributed by atoms with Gasteiger partial charge in [-0.3, -0.25) is 4.90 Å². The average molecular weight is 393 g/mol. The van der Waals surface area contributed by atoms with Gasteiger partial charge in [0.15, 0.2) is 0 Å². The predicted octanol–water partition coefficient (Wildman–Crippen LogP) is 4.32. The summed E-state index contributed by atoms with van der Waals surface area (Å²) >= 11 is 0. The summed E-state index contributed by atoms with van der Waals surface area (Å²) in [6, 6.07) is 16.1. The van der Waals surface area contributed by atoms with Gasteiger partial charge in [-0.25, -0.2) is 9.59 Å². The van der Waals surface area contributed by atoms with Crippen LogP contribution in [-0.2, 0) is 0 Å². The Hall–Kier alpha value is -3.02. The van der Waals surface area contributed by atoms with Crippen LogP contribution in [0.4, 0.5) is 21.0 Å². The first-order chi connectivity index (χ1) is 14.0. The van der Waals surface area contributed by atoms with Crippen molar-refractivity contribution in [3.8, 4) is 0 Å². The molecular formula is C23H28N4O2. The number of aryl methyl sites for hydroxylation is 1. The molecule has 6 heteroatoms. The minimum Gasteiger partial charge on any atom is -0.338 e. The number of nitrogens with one attached hydrogen (secondary N) is 2. The molecule has 4 amide bonds. The first-order valence-electron chi connectivity index (χ1n) is 10.3. The van der Waals surface area contributed by atoms with Crippen molar-refractivity contribution in [3.63, 3.8) is 0 Å². The van der Waals surface area contributed by atoms with Crippen LogP contribution in [0.5, 0.6) is 0 Å². The number of hydrogen-bond donors (Lipinski definition) is 2. The van der Waals surface area contributed by atoms with Crippen molar-refractivity contribution >= 4 is 23.4 Å². The first kappa shape index (κ1) is 19.3. The van der Waals surface area contributed by atoms with Crippen LogP contribution in [-0.4, -0.2) is 42.6 Å². The lowest BCUT2D eigenvalue weighted by molar-refractivity contribution is 0.209. The number of carbonyl (C=O) groups excluding carboxylic acids is 2. The normalized spacial score (nSPS) is 21.8.